The second kappa shape index (κ2) is 39.5. The third-order valence-corrected chi connectivity index (χ3v) is 22.3. The minimum atomic E-state index is -2.52. The van der Waals surface area contributed by atoms with Crippen molar-refractivity contribution >= 4 is 47.0 Å². The molecule has 21 aliphatic rings. The molecule has 36 atom stereocenters. The predicted molar refractivity (Wildman–Crippen MR) is 338 cm³/mol. The minimum absolute atomic E-state index is 0.0652. The average Bonchev–Trinajstić information content (AvgIpc) is 0.783. The molecule has 0 radical (unpaired) electrons. The van der Waals surface area contributed by atoms with Crippen molar-refractivity contribution in [1.29, 1.82) is 0 Å². The molecule has 0 spiro atoms. The molecule has 13 unspecified atom stereocenters. The number of Topliss-reactive ketones (excluding diaryl/α,β-unsaturated/α-hetero) is 2. The average molecular weight is 1540 g/mol. The van der Waals surface area contributed by atoms with Gasteiger partial charge in [0.1, 0.15) is 139 Å². The monoisotopic (exact) mass is 1540 g/mol. The van der Waals surface area contributed by atoms with Crippen molar-refractivity contribution in [3.05, 3.63) is 0 Å². The van der Waals surface area contributed by atoms with E-state index in [4.69, 9.17) is 66.3 Å². The zero-order valence-electron chi connectivity index (χ0n) is 56.2. The molecule has 596 valence electrons. The van der Waals surface area contributed by atoms with E-state index in [2.05, 4.69) is 5.32 Å². The smallest absolute Gasteiger partial charge is 0.321 e. The summed E-state index contributed by atoms with van der Waals surface area (Å²) in [6.45, 7) is -4.67. The SMILES string of the molecule is CN[C@H](CSCC1O[C@@H]2O[C@@H]3C(CO)O[C@H](O[C@]4(CO)CO[C@H](O[C@@H]5C(CO)O[C@H](O[C@@H]6C(CSC[C@@H](CC(=O)CCOCCOCCC(C)=O)C(=O)O)C[C@H](C[C@@H]7C(CO)O[C@H](O[C@@H]8C(CO)O[C@H](O[C@H]1[C@H](O)C2O)C(O)[C@H]8O)C(O)[C@H]7O)C(O)[C@H]6O)C(O)[C@H]5O)C(O)[C@H]4O)C(O)[C@H]3O)C(=O)O. The second-order valence-corrected chi connectivity index (χ2v) is 29.1. The van der Waals surface area contributed by atoms with Gasteiger partial charge in [-0.1, -0.05) is 0 Å². The summed E-state index contributed by atoms with van der Waals surface area (Å²) >= 11 is 1.86. The summed E-state index contributed by atoms with van der Waals surface area (Å²) in [6, 6.07) is -1.17. The Labute approximate surface area is 597 Å². The summed E-state index contributed by atoms with van der Waals surface area (Å²) in [5.74, 6) is -8.96. The van der Waals surface area contributed by atoms with Crippen molar-refractivity contribution in [2.24, 2.45) is 23.7 Å². The van der Waals surface area contributed by atoms with Gasteiger partial charge in [-0.05, 0) is 44.4 Å². The van der Waals surface area contributed by atoms with Gasteiger partial charge < -0.3 is 179 Å². The Balaban J connectivity index is 1.08. The van der Waals surface area contributed by atoms with Gasteiger partial charge in [0.15, 0.2) is 37.7 Å². The maximum absolute atomic E-state index is 13.1. The number of hydrogen-bond donors (Lipinski definition) is 22. The predicted octanol–water partition coefficient (Wildman–Crippen LogP) is -11.5. The number of carbonyl (C=O) groups excluding carboxylic acids is 2. The number of carboxylic acid groups (broad SMARTS) is 2. The first-order valence-corrected chi connectivity index (χ1v) is 36.2. The quantitative estimate of drug-likeness (QED) is 0.0340. The molecular formula is C61H101NO39S2. The largest absolute Gasteiger partial charge is 0.481 e. The van der Waals surface area contributed by atoms with E-state index in [0.717, 1.165) is 23.5 Å². The molecule has 21 fully saturated rings. The summed E-state index contributed by atoms with van der Waals surface area (Å²) in [5.41, 5.74) is -2.52. The van der Waals surface area contributed by atoms with E-state index in [9.17, 15) is 126 Å². The van der Waals surface area contributed by atoms with Gasteiger partial charge in [0, 0.05) is 42.4 Å². The highest BCUT2D eigenvalue weighted by Gasteiger charge is 2.61. The van der Waals surface area contributed by atoms with Crippen molar-refractivity contribution in [2.45, 2.75) is 235 Å². The Morgan fingerprint density at radius 2 is 0.903 bits per heavy atom. The number of ether oxygens (including phenoxy) is 14. The Bertz CT molecular complexity index is 2630. The number of ketones is 2. The fraction of sp³-hybridized carbons (Fsp3) is 0.934. The van der Waals surface area contributed by atoms with E-state index in [1.165, 1.54) is 14.0 Å². The van der Waals surface area contributed by atoms with Crippen LogP contribution >= 0.6 is 23.5 Å². The van der Waals surface area contributed by atoms with Crippen LogP contribution in [0.3, 0.4) is 0 Å². The number of thioether (sulfide) groups is 2. The van der Waals surface area contributed by atoms with Gasteiger partial charge in [-0.3, -0.25) is 19.2 Å². The summed E-state index contributed by atoms with van der Waals surface area (Å²) in [6.07, 6.45) is -61.5. The van der Waals surface area contributed by atoms with E-state index < -0.39 is 290 Å². The minimum Gasteiger partial charge on any atom is -0.481 e. The number of carboxylic acids is 2. The molecule has 0 aromatic heterocycles. The van der Waals surface area contributed by atoms with Crippen molar-refractivity contribution < 1.29 is 193 Å². The Morgan fingerprint density at radius 1 is 0.466 bits per heavy atom. The summed E-state index contributed by atoms with van der Waals surface area (Å²) < 4.78 is 81.9. The van der Waals surface area contributed by atoms with Crippen molar-refractivity contribution in [3.8, 4) is 0 Å². The number of aliphatic hydroxyl groups is 19. The van der Waals surface area contributed by atoms with E-state index in [1.54, 1.807) is 0 Å². The molecule has 21 rings (SSSR count). The number of carbonyl (C=O) groups is 4. The number of rotatable bonds is 27. The lowest BCUT2D eigenvalue weighted by molar-refractivity contribution is -0.402. The molecule has 1 saturated carbocycles. The van der Waals surface area contributed by atoms with Crippen LogP contribution in [0.2, 0.25) is 0 Å². The molecule has 0 amide bonds. The molecule has 22 N–H and O–H groups in total. The molecular weight excluding hydrogens is 1430 g/mol. The lowest BCUT2D eigenvalue weighted by atomic mass is 9.70. The summed E-state index contributed by atoms with van der Waals surface area (Å²) in [4.78, 5) is 48.8. The highest BCUT2D eigenvalue weighted by atomic mass is 32.2. The van der Waals surface area contributed by atoms with E-state index in [1.807, 2.05) is 0 Å². The van der Waals surface area contributed by atoms with Crippen LogP contribution in [0, 0.1) is 23.7 Å². The molecule has 1 aliphatic carbocycles. The Morgan fingerprint density at radius 3 is 1.39 bits per heavy atom. The standard InChI is InChI=1S/C61H101NO39S2/c1-22(68)3-5-88-7-8-89-6-4-26(69)10-25(53(84)85)17-102-16-24-9-23-11-27-29(12-63)91-56(41(77)35(27)71)98-49-31(14-65)93-58(43(79)38(49)74)100-51-33(19-103-18-28(62-2)54(86)87)95-59(44(80)39(51)75)99-50-32(15-66)94-60(45(81)40(50)76)101-61(20-67)21-90-55(46(82)52(61)83)97-48-30(13-64)92-57(42(78)37(48)73)96-47(24)36(72)34(23)70/h23-25,27-52,55-60,62-67,70-83H,3-21H2,1-2H3,(H,84,85)(H,86,87)/t23-,24?,25-,27-,28-,29?,30?,31?,32?,33?,34?,35+,36-,37-,38-,39-,40-,41?,42?,43?,44?,45?,46?,47-,48-,49-,50-,51-,52-,55-,56-,57-,58-,59-,60-,61-/m1/s1. The number of aliphatic carboxylic acids is 2. The Kier molecular flexibility index (Phi) is 33.1. The van der Waals surface area contributed by atoms with Crippen LogP contribution in [0.25, 0.3) is 0 Å². The van der Waals surface area contributed by atoms with Crippen LogP contribution in [0.5, 0.6) is 0 Å². The number of nitrogens with one attached hydrogen (secondary N) is 1. The number of likely N-dealkylation sites (N-methyl/N-ethyl adjacent to an activating group) is 1. The van der Waals surface area contributed by atoms with Gasteiger partial charge in [0.05, 0.1) is 103 Å². The van der Waals surface area contributed by atoms with Crippen LogP contribution in [0.1, 0.15) is 39.0 Å². The Hall–Kier alpha value is -2.38. The first-order chi connectivity index (χ1) is 49.0. The molecule has 103 heavy (non-hydrogen) atoms. The van der Waals surface area contributed by atoms with Crippen LogP contribution in [0.4, 0.5) is 0 Å². The van der Waals surface area contributed by atoms with Gasteiger partial charge in [-0.25, -0.2) is 0 Å². The van der Waals surface area contributed by atoms with Crippen molar-refractivity contribution in [1.82, 2.24) is 5.32 Å². The molecule has 20 saturated heterocycles. The van der Waals surface area contributed by atoms with Gasteiger partial charge in [0.2, 0.25) is 0 Å². The van der Waals surface area contributed by atoms with Crippen molar-refractivity contribution in [3.63, 3.8) is 0 Å². The second-order valence-electron chi connectivity index (χ2n) is 26.9. The zero-order valence-corrected chi connectivity index (χ0v) is 57.8. The van der Waals surface area contributed by atoms with Gasteiger partial charge in [-0.15, -0.1) is 0 Å². The van der Waals surface area contributed by atoms with Crippen LogP contribution in [-0.2, 0) is 85.5 Å². The molecule has 40 nitrogen and oxygen atoms in total. The zero-order chi connectivity index (χ0) is 75.5. The molecule has 14 bridgehead atoms. The van der Waals surface area contributed by atoms with E-state index in [0.29, 0.717) is 0 Å². The van der Waals surface area contributed by atoms with Crippen molar-refractivity contribution in [2.75, 3.05) is 96.1 Å². The molecule has 20 aliphatic heterocycles. The van der Waals surface area contributed by atoms with Gasteiger partial charge in [-0.2, -0.15) is 23.5 Å². The van der Waals surface area contributed by atoms with Crippen LogP contribution in [-0.4, -0.2) is 423 Å². The molecule has 0 aromatic rings. The summed E-state index contributed by atoms with van der Waals surface area (Å²) in [5, 5.41) is 241. The third-order valence-electron chi connectivity index (χ3n) is 19.8. The van der Waals surface area contributed by atoms with E-state index in [-0.39, 0.29) is 74.5 Å². The molecule has 42 heteroatoms. The highest BCUT2D eigenvalue weighted by molar-refractivity contribution is 7.99. The maximum atomic E-state index is 13.1. The normalized spacial score (nSPS) is 44.9. The van der Waals surface area contributed by atoms with Gasteiger partial charge >= 0.3 is 11.9 Å². The van der Waals surface area contributed by atoms with Crippen LogP contribution < -0.4 is 5.32 Å². The topological polar surface area (TPSA) is 634 Å². The third kappa shape index (κ3) is 20.6. The lowest BCUT2D eigenvalue weighted by Crippen LogP contribution is -2.70. The van der Waals surface area contributed by atoms with Gasteiger partial charge in [0.25, 0.3) is 0 Å². The number of hydrogen-bond acceptors (Lipinski definition) is 40. The van der Waals surface area contributed by atoms with Crippen LogP contribution in [0.15, 0.2) is 0 Å². The lowest BCUT2D eigenvalue weighted by Gasteiger charge is -2.51. The molecule has 20 heterocycles. The maximum Gasteiger partial charge on any atom is 0.321 e. The summed E-state index contributed by atoms with van der Waals surface area (Å²) in [7, 11) is 1.36. The highest BCUT2D eigenvalue weighted by Crippen LogP contribution is 2.44. The first-order valence-electron chi connectivity index (χ1n) is 33.8. The fourth-order valence-corrected chi connectivity index (χ4v) is 16.3. The number of aliphatic hydroxyl groups excluding tert-OH is 19. The first kappa shape index (κ1) is 86.2. The fourth-order valence-electron chi connectivity index (χ4n) is 13.8. The van der Waals surface area contributed by atoms with E-state index >= 15 is 0 Å². The molecule has 0 aromatic carbocycles.